The van der Waals surface area contributed by atoms with Gasteiger partial charge in [-0.15, -0.1) is 0 Å². The van der Waals surface area contributed by atoms with Crippen LogP contribution in [0.25, 0.3) is 0 Å². The number of rotatable bonds is 40. The number of hydrogen-bond acceptors (Lipinski definition) is 7. The first-order valence-electron chi connectivity index (χ1n) is 21.2. The van der Waals surface area contributed by atoms with Crippen LogP contribution in [0.2, 0.25) is 0 Å². The number of esters is 2. The van der Waals surface area contributed by atoms with Crippen molar-refractivity contribution >= 4 is 19.8 Å². The Morgan fingerprint density at radius 1 is 0.480 bits per heavy atom. The number of phosphoric acid groups is 1. The monoisotopic (exact) mass is 733 g/mol. The fourth-order valence-corrected chi connectivity index (χ4v) is 6.77. The molecule has 8 nitrogen and oxygen atoms in total. The van der Waals surface area contributed by atoms with Crippen LogP contribution in [0.1, 0.15) is 226 Å². The summed E-state index contributed by atoms with van der Waals surface area (Å²) >= 11 is 0. The molecule has 1 N–H and O–H groups in total. The Balaban J connectivity index is 3.94. The minimum atomic E-state index is -4.25. The molecule has 298 valence electrons. The summed E-state index contributed by atoms with van der Waals surface area (Å²) in [4.78, 5) is 34.4. The lowest BCUT2D eigenvalue weighted by atomic mass is 10.0. The summed E-state index contributed by atoms with van der Waals surface area (Å²) in [6.07, 6.45) is 38.7. The van der Waals surface area contributed by atoms with Crippen LogP contribution in [0, 0.1) is 0 Å². The van der Waals surface area contributed by atoms with Crippen molar-refractivity contribution in [2.75, 3.05) is 20.3 Å². The van der Waals surface area contributed by atoms with Gasteiger partial charge >= 0.3 is 19.8 Å². The van der Waals surface area contributed by atoms with E-state index in [1.54, 1.807) is 0 Å². The van der Waals surface area contributed by atoms with Crippen LogP contribution >= 0.6 is 7.82 Å². The van der Waals surface area contributed by atoms with Crippen LogP contribution in [0.5, 0.6) is 0 Å². The lowest BCUT2D eigenvalue weighted by Crippen LogP contribution is -2.29. The number of hydrogen-bond donors (Lipinski definition) is 1. The van der Waals surface area contributed by atoms with Crippen LogP contribution in [-0.4, -0.2) is 43.3 Å². The molecule has 0 radical (unpaired) electrons. The first kappa shape index (κ1) is 49.0. The summed E-state index contributed by atoms with van der Waals surface area (Å²) in [7, 11) is -3.19. The highest BCUT2D eigenvalue weighted by atomic mass is 31.2. The quantitative estimate of drug-likeness (QED) is 0.0377. The van der Waals surface area contributed by atoms with Crippen LogP contribution in [0.15, 0.2) is 0 Å². The third-order valence-electron chi connectivity index (χ3n) is 9.60. The maximum atomic E-state index is 12.5. The second-order valence-corrected chi connectivity index (χ2v) is 16.1. The second kappa shape index (κ2) is 37.8. The molecule has 0 spiro atoms. The van der Waals surface area contributed by atoms with Crippen molar-refractivity contribution < 1.29 is 37.6 Å². The van der Waals surface area contributed by atoms with Gasteiger partial charge in [0.25, 0.3) is 0 Å². The molecule has 2 atom stereocenters. The van der Waals surface area contributed by atoms with E-state index in [9.17, 15) is 19.0 Å². The van der Waals surface area contributed by atoms with Gasteiger partial charge in [-0.1, -0.05) is 200 Å². The fourth-order valence-electron chi connectivity index (χ4n) is 6.31. The van der Waals surface area contributed by atoms with Gasteiger partial charge < -0.3 is 14.4 Å². The highest BCUT2D eigenvalue weighted by molar-refractivity contribution is 7.47. The lowest BCUT2D eigenvalue weighted by Gasteiger charge is -2.19. The summed E-state index contributed by atoms with van der Waals surface area (Å²) in [6.45, 7) is 3.91. The van der Waals surface area contributed by atoms with E-state index in [4.69, 9.17) is 14.0 Å². The Labute approximate surface area is 308 Å². The van der Waals surface area contributed by atoms with Gasteiger partial charge in [-0.3, -0.25) is 18.6 Å². The summed E-state index contributed by atoms with van der Waals surface area (Å²) in [5.74, 6) is -0.788. The average Bonchev–Trinajstić information content (AvgIpc) is 3.10. The predicted octanol–water partition coefficient (Wildman–Crippen LogP) is 13.1. The van der Waals surface area contributed by atoms with Crippen LogP contribution in [0.4, 0.5) is 0 Å². The first-order valence-corrected chi connectivity index (χ1v) is 22.7. The van der Waals surface area contributed by atoms with Gasteiger partial charge in [-0.25, -0.2) is 4.57 Å². The van der Waals surface area contributed by atoms with Gasteiger partial charge in [-0.05, 0) is 12.8 Å². The zero-order valence-electron chi connectivity index (χ0n) is 33.1. The molecule has 0 saturated heterocycles. The molecule has 2 unspecified atom stereocenters. The van der Waals surface area contributed by atoms with Crippen LogP contribution in [0.3, 0.4) is 0 Å². The highest BCUT2D eigenvalue weighted by Gasteiger charge is 2.24. The molecule has 0 aromatic rings. The SMILES string of the molecule is CCCCCCCCCCCCCCCCCCCCC(=O)OC(COC(=O)CCCCCCCCCCCCCCC)COP(=O)(O)OC. The van der Waals surface area contributed by atoms with E-state index in [2.05, 4.69) is 18.4 Å². The number of unbranched alkanes of at least 4 members (excludes halogenated alkanes) is 29. The van der Waals surface area contributed by atoms with E-state index < -0.39 is 26.5 Å². The van der Waals surface area contributed by atoms with Crippen molar-refractivity contribution in [2.45, 2.75) is 232 Å². The molecule has 9 heteroatoms. The average molecular weight is 733 g/mol. The largest absolute Gasteiger partial charge is 0.472 e. The third kappa shape index (κ3) is 36.8. The smallest absolute Gasteiger partial charge is 0.462 e. The zero-order valence-corrected chi connectivity index (χ0v) is 34.0. The predicted molar refractivity (Wildman–Crippen MR) is 207 cm³/mol. The van der Waals surface area contributed by atoms with Crippen LogP contribution in [-0.2, 0) is 32.7 Å². The fraction of sp³-hybridized carbons (Fsp3) is 0.951. The van der Waals surface area contributed by atoms with Gasteiger partial charge in [0.15, 0.2) is 6.10 Å². The maximum Gasteiger partial charge on any atom is 0.472 e. The molecular formula is C41H81O8P. The number of carbonyl (C=O) groups is 2. The van der Waals surface area contributed by atoms with E-state index in [-0.39, 0.29) is 19.0 Å². The second-order valence-electron chi connectivity index (χ2n) is 14.5. The van der Waals surface area contributed by atoms with Gasteiger partial charge in [0.2, 0.25) is 0 Å². The van der Waals surface area contributed by atoms with Gasteiger partial charge in [0, 0.05) is 20.0 Å². The van der Waals surface area contributed by atoms with Crippen molar-refractivity contribution in [3.05, 3.63) is 0 Å². The molecule has 0 aliphatic heterocycles. The Bertz CT molecular complexity index is 793. The number of ether oxygens (including phenoxy) is 2. The number of carbonyl (C=O) groups excluding carboxylic acids is 2. The Morgan fingerprint density at radius 3 is 1.10 bits per heavy atom. The zero-order chi connectivity index (χ0) is 36.8. The van der Waals surface area contributed by atoms with Crippen molar-refractivity contribution in [3.63, 3.8) is 0 Å². The summed E-state index contributed by atoms with van der Waals surface area (Å²) in [6, 6.07) is 0. The van der Waals surface area contributed by atoms with Gasteiger partial charge in [-0.2, -0.15) is 0 Å². The molecule has 0 aromatic heterocycles. The van der Waals surface area contributed by atoms with E-state index in [0.717, 1.165) is 45.6 Å². The molecule has 0 amide bonds. The van der Waals surface area contributed by atoms with Crippen LogP contribution < -0.4 is 0 Å². The summed E-state index contributed by atoms with van der Waals surface area (Å²) in [5, 5.41) is 0. The Morgan fingerprint density at radius 2 is 0.780 bits per heavy atom. The molecule has 0 rings (SSSR count). The van der Waals surface area contributed by atoms with Gasteiger partial charge in [0.1, 0.15) is 6.61 Å². The van der Waals surface area contributed by atoms with Crippen molar-refractivity contribution in [1.29, 1.82) is 0 Å². The Kier molecular flexibility index (Phi) is 37.1. The molecule has 0 saturated carbocycles. The molecule has 0 heterocycles. The van der Waals surface area contributed by atoms with E-state index >= 15 is 0 Å². The normalized spacial score (nSPS) is 13.3. The van der Waals surface area contributed by atoms with Crippen molar-refractivity contribution in [3.8, 4) is 0 Å². The topological polar surface area (TPSA) is 108 Å². The molecule has 0 aliphatic rings. The minimum Gasteiger partial charge on any atom is -0.462 e. The van der Waals surface area contributed by atoms with Crippen molar-refractivity contribution in [2.24, 2.45) is 0 Å². The Hall–Kier alpha value is -0.950. The molecular weight excluding hydrogens is 651 g/mol. The van der Waals surface area contributed by atoms with Gasteiger partial charge in [0.05, 0.1) is 6.61 Å². The third-order valence-corrected chi connectivity index (χ3v) is 10.5. The molecule has 0 aliphatic carbocycles. The maximum absolute atomic E-state index is 12.5. The lowest BCUT2D eigenvalue weighted by molar-refractivity contribution is -0.161. The van der Waals surface area contributed by atoms with E-state index in [1.165, 1.54) is 161 Å². The molecule has 0 aromatic carbocycles. The highest BCUT2D eigenvalue weighted by Crippen LogP contribution is 2.42. The number of phosphoric ester groups is 1. The first-order chi connectivity index (χ1) is 24.3. The minimum absolute atomic E-state index is 0.216. The van der Waals surface area contributed by atoms with E-state index in [0.29, 0.717) is 6.42 Å². The molecule has 0 fully saturated rings. The standard InChI is InChI=1S/C41H81O8P/c1-4-6-8-10-12-14-16-18-19-20-21-22-24-26-28-30-32-34-36-41(43)49-39(38-48-50(44,45)46-3)37-47-40(42)35-33-31-29-27-25-23-17-15-13-11-9-7-5-2/h39H,4-38H2,1-3H3,(H,44,45). The molecule has 0 bridgehead atoms. The summed E-state index contributed by atoms with van der Waals surface area (Å²) in [5.41, 5.74) is 0. The van der Waals surface area contributed by atoms with Crippen molar-refractivity contribution in [1.82, 2.24) is 0 Å². The molecule has 50 heavy (non-hydrogen) atoms. The van der Waals surface area contributed by atoms with E-state index in [1.807, 2.05) is 0 Å². The summed E-state index contributed by atoms with van der Waals surface area (Å²) < 4.78 is 32.0.